The van der Waals surface area contributed by atoms with Crippen LogP contribution in [0.3, 0.4) is 0 Å². The number of hydrazone groups is 1. The molecule has 1 N–H and O–H groups in total. The molecular formula is C19H15BrClN3O2S2. The minimum atomic E-state index is -0.210. The van der Waals surface area contributed by atoms with Crippen LogP contribution in [0.5, 0.6) is 5.75 Å². The van der Waals surface area contributed by atoms with Gasteiger partial charge >= 0.3 is 0 Å². The van der Waals surface area contributed by atoms with Gasteiger partial charge < -0.3 is 4.74 Å². The molecule has 5 nitrogen and oxygen atoms in total. The van der Waals surface area contributed by atoms with Crippen molar-refractivity contribution in [2.45, 2.75) is 4.34 Å². The third-order valence-corrected chi connectivity index (χ3v) is 6.30. The van der Waals surface area contributed by atoms with Crippen molar-refractivity contribution >= 4 is 62.8 Å². The SMILES string of the molecule is COc1ccc(Br)cc1/C=N/NC(=O)CSc1nc(-c2ccc(Cl)cc2)cs1. The molecule has 0 aliphatic rings. The molecule has 0 spiro atoms. The van der Waals surface area contributed by atoms with Gasteiger partial charge in [-0.2, -0.15) is 5.10 Å². The van der Waals surface area contributed by atoms with Gasteiger partial charge in [0.05, 0.1) is 24.8 Å². The zero-order chi connectivity index (χ0) is 19.9. The fourth-order valence-corrected chi connectivity index (χ4v) is 4.35. The molecule has 28 heavy (non-hydrogen) atoms. The Morgan fingerprint density at radius 1 is 1.36 bits per heavy atom. The summed E-state index contributed by atoms with van der Waals surface area (Å²) in [6.45, 7) is 0. The number of nitrogens with one attached hydrogen (secondary N) is 1. The Morgan fingerprint density at radius 2 is 2.14 bits per heavy atom. The van der Waals surface area contributed by atoms with Gasteiger partial charge in [0.15, 0.2) is 4.34 Å². The zero-order valence-electron chi connectivity index (χ0n) is 14.7. The Labute approximate surface area is 184 Å². The summed E-state index contributed by atoms with van der Waals surface area (Å²) in [5, 5.41) is 6.64. The second-order valence-corrected chi connectivity index (χ2v) is 8.91. The molecule has 1 heterocycles. The van der Waals surface area contributed by atoms with E-state index in [1.165, 1.54) is 23.1 Å². The third-order valence-electron chi connectivity index (χ3n) is 3.53. The summed E-state index contributed by atoms with van der Waals surface area (Å²) >= 11 is 12.2. The first-order valence-electron chi connectivity index (χ1n) is 8.05. The van der Waals surface area contributed by atoms with Crippen molar-refractivity contribution in [3.8, 4) is 17.0 Å². The number of nitrogens with zero attached hydrogens (tertiary/aromatic N) is 2. The van der Waals surface area contributed by atoms with Crippen LogP contribution in [0.25, 0.3) is 11.3 Å². The van der Waals surface area contributed by atoms with Crippen LogP contribution in [0.15, 0.2) is 61.8 Å². The van der Waals surface area contributed by atoms with Crippen LogP contribution in [0.2, 0.25) is 5.02 Å². The van der Waals surface area contributed by atoms with Crippen LogP contribution in [0, 0.1) is 0 Å². The van der Waals surface area contributed by atoms with Crippen molar-refractivity contribution in [2.75, 3.05) is 12.9 Å². The van der Waals surface area contributed by atoms with Gasteiger partial charge in [0.2, 0.25) is 0 Å². The number of benzene rings is 2. The van der Waals surface area contributed by atoms with Gasteiger partial charge in [0, 0.05) is 26.0 Å². The quantitative estimate of drug-likeness (QED) is 0.267. The van der Waals surface area contributed by atoms with E-state index in [-0.39, 0.29) is 11.7 Å². The highest BCUT2D eigenvalue weighted by atomic mass is 79.9. The lowest BCUT2D eigenvalue weighted by Crippen LogP contribution is -2.19. The molecule has 0 atom stereocenters. The number of thiazole rings is 1. The van der Waals surface area contributed by atoms with Crippen molar-refractivity contribution in [1.82, 2.24) is 10.4 Å². The Bertz CT molecular complexity index is 993. The van der Waals surface area contributed by atoms with Gasteiger partial charge in [0.1, 0.15) is 5.75 Å². The molecule has 0 saturated carbocycles. The molecule has 1 amide bonds. The van der Waals surface area contributed by atoms with Gasteiger partial charge in [-0.3, -0.25) is 4.79 Å². The molecule has 3 aromatic rings. The van der Waals surface area contributed by atoms with Crippen LogP contribution in [0.4, 0.5) is 0 Å². The number of methoxy groups -OCH3 is 1. The molecule has 0 bridgehead atoms. The van der Waals surface area contributed by atoms with E-state index in [0.29, 0.717) is 10.8 Å². The Hall–Kier alpha value is -1.87. The highest BCUT2D eigenvalue weighted by molar-refractivity contribution is 9.10. The second-order valence-electron chi connectivity index (χ2n) is 5.47. The summed E-state index contributed by atoms with van der Waals surface area (Å²) in [5.74, 6) is 0.687. The highest BCUT2D eigenvalue weighted by Gasteiger charge is 2.08. The molecule has 0 radical (unpaired) electrons. The van der Waals surface area contributed by atoms with Gasteiger partial charge in [-0.25, -0.2) is 10.4 Å². The molecule has 0 aliphatic heterocycles. The van der Waals surface area contributed by atoms with Crippen molar-refractivity contribution < 1.29 is 9.53 Å². The van der Waals surface area contributed by atoms with E-state index in [0.717, 1.165) is 25.6 Å². The molecule has 9 heteroatoms. The van der Waals surface area contributed by atoms with Gasteiger partial charge in [0.25, 0.3) is 5.91 Å². The van der Waals surface area contributed by atoms with E-state index in [1.807, 2.05) is 47.8 Å². The average molecular weight is 497 g/mol. The van der Waals surface area contributed by atoms with Crippen LogP contribution in [-0.4, -0.2) is 30.0 Å². The number of carbonyl (C=O) groups is 1. The number of rotatable bonds is 7. The number of carbonyl (C=O) groups excluding carboxylic acids is 1. The summed E-state index contributed by atoms with van der Waals surface area (Å²) in [6, 6.07) is 13.1. The number of thioether (sulfide) groups is 1. The third kappa shape index (κ3) is 5.81. The fourth-order valence-electron chi connectivity index (χ4n) is 2.22. The van der Waals surface area contributed by atoms with Crippen molar-refractivity contribution in [2.24, 2.45) is 5.10 Å². The number of halogens is 2. The highest BCUT2D eigenvalue weighted by Crippen LogP contribution is 2.28. The van der Waals surface area contributed by atoms with Gasteiger partial charge in [-0.1, -0.05) is 51.4 Å². The molecule has 144 valence electrons. The Morgan fingerprint density at radius 3 is 2.89 bits per heavy atom. The summed E-state index contributed by atoms with van der Waals surface area (Å²) in [6.07, 6.45) is 1.55. The monoisotopic (exact) mass is 495 g/mol. The van der Waals surface area contributed by atoms with E-state index in [9.17, 15) is 4.79 Å². The Kier molecular flexibility index (Phi) is 7.50. The van der Waals surface area contributed by atoms with E-state index in [4.69, 9.17) is 16.3 Å². The lowest BCUT2D eigenvalue weighted by Gasteiger charge is -2.04. The van der Waals surface area contributed by atoms with E-state index < -0.39 is 0 Å². The summed E-state index contributed by atoms with van der Waals surface area (Å²) in [4.78, 5) is 16.6. The molecule has 2 aromatic carbocycles. The van der Waals surface area contributed by atoms with E-state index in [1.54, 1.807) is 13.3 Å². The lowest BCUT2D eigenvalue weighted by molar-refractivity contribution is -0.118. The predicted octanol–water partition coefficient (Wildman–Crippen LogP) is 5.48. The van der Waals surface area contributed by atoms with Crippen molar-refractivity contribution in [1.29, 1.82) is 0 Å². The molecule has 0 saturated heterocycles. The molecule has 3 rings (SSSR count). The minimum Gasteiger partial charge on any atom is -0.496 e. The average Bonchev–Trinajstić information content (AvgIpc) is 3.16. The first-order valence-corrected chi connectivity index (χ1v) is 11.1. The Balaban J connectivity index is 1.52. The molecule has 1 aromatic heterocycles. The molecule has 0 aliphatic carbocycles. The number of amides is 1. The topological polar surface area (TPSA) is 63.6 Å². The lowest BCUT2D eigenvalue weighted by atomic mass is 10.2. The molecule has 0 fully saturated rings. The van der Waals surface area contributed by atoms with Crippen LogP contribution in [-0.2, 0) is 4.79 Å². The van der Waals surface area contributed by atoms with E-state index in [2.05, 4.69) is 31.4 Å². The minimum absolute atomic E-state index is 0.210. The van der Waals surface area contributed by atoms with E-state index >= 15 is 0 Å². The maximum absolute atomic E-state index is 12.0. The van der Waals surface area contributed by atoms with Crippen LogP contribution < -0.4 is 10.2 Å². The zero-order valence-corrected chi connectivity index (χ0v) is 18.7. The van der Waals surface area contributed by atoms with Crippen LogP contribution >= 0.6 is 50.6 Å². The smallest absolute Gasteiger partial charge is 0.250 e. The normalized spacial score (nSPS) is 11.0. The first kappa shape index (κ1) is 20.9. The maximum atomic E-state index is 12.0. The summed E-state index contributed by atoms with van der Waals surface area (Å²) < 4.78 is 6.98. The van der Waals surface area contributed by atoms with Gasteiger partial charge in [-0.05, 0) is 30.3 Å². The van der Waals surface area contributed by atoms with Crippen LogP contribution in [0.1, 0.15) is 5.56 Å². The number of ether oxygens (including phenoxy) is 1. The number of hydrogen-bond donors (Lipinski definition) is 1. The second kappa shape index (κ2) is 10.1. The summed E-state index contributed by atoms with van der Waals surface area (Å²) in [5.41, 5.74) is 5.13. The van der Waals surface area contributed by atoms with Gasteiger partial charge in [-0.15, -0.1) is 11.3 Å². The number of hydrogen-bond acceptors (Lipinski definition) is 6. The predicted molar refractivity (Wildman–Crippen MR) is 120 cm³/mol. The van der Waals surface area contributed by atoms with Crippen molar-refractivity contribution in [3.63, 3.8) is 0 Å². The first-order chi connectivity index (χ1) is 13.5. The van der Waals surface area contributed by atoms with Crippen molar-refractivity contribution in [3.05, 3.63) is 62.9 Å². The largest absolute Gasteiger partial charge is 0.496 e. The summed E-state index contributed by atoms with van der Waals surface area (Å²) in [7, 11) is 1.59. The molecule has 0 unspecified atom stereocenters. The maximum Gasteiger partial charge on any atom is 0.250 e. The number of aromatic nitrogens is 1. The molecular weight excluding hydrogens is 482 g/mol. The fraction of sp³-hybridized carbons (Fsp3) is 0.105. The standard InChI is InChI=1S/C19H15BrClN3O2S2/c1-26-17-7-4-14(20)8-13(17)9-22-24-18(25)11-28-19-23-16(10-27-19)12-2-5-15(21)6-3-12/h2-10H,11H2,1H3,(H,24,25)/b22-9+.